The quantitative estimate of drug-likeness (QED) is 0.716. The Morgan fingerprint density at radius 1 is 1.14 bits per heavy atom. The van der Waals surface area contributed by atoms with E-state index in [2.05, 4.69) is 22.3 Å². The SMILES string of the molecule is C[N-]c1ccc(N2CCOCC2)cc1. The van der Waals surface area contributed by atoms with Crippen LogP contribution in [-0.2, 0) is 4.74 Å². The summed E-state index contributed by atoms with van der Waals surface area (Å²) in [6.45, 7) is 3.64. The Labute approximate surface area is 84.7 Å². The smallest absolute Gasteiger partial charge is 0.0642 e. The van der Waals surface area contributed by atoms with Crippen LogP contribution in [0, 0.1) is 0 Å². The van der Waals surface area contributed by atoms with Crippen molar-refractivity contribution in [2.24, 2.45) is 0 Å². The fourth-order valence-corrected chi connectivity index (χ4v) is 1.63. The first-order valence-corrected chi connectivity index (χ1v) is 4.93. The van der Waals surface area contributed by atoms with Crippen molar-refractivity contribution in [1.82, 2.24) is 0 Å². The second kappa shape index (κ2) is 4.33. The molecule has 0 aliphatic carbocycles. The van der Waals surface area contributed by atoms with E-state index in [4.69, 9.17) is 4.74 Å². The molecule has 0 radical (unpaired) electrons. The molecule has 0 bridgehead atoms. The third kappa shape index (κ3) is 1.99. The van der Waals surface area contributed by atoms with Gasteiger partial charge in [0.25, 0.3) is 0 Å². The van der Waals surface area contributed by atoms with Crippen LogP contribution in [0.4, 0.5) is 11.4 Å². The lowest BCUT2D eigenvalue weighted by Crippen LogP contribution is -2.36. The number of rotatable bonds is 2. The molecule has 0 amide bonds. The highest BCUT2D eigenvalue weighted by atomic mass is 16.5. The summed E-state index contributed by atoms with van der Waals surface area (Å²) in [5.41, 5.74) is 2.29. The van der Waals surface area contributed by atoms with Crippen molar-refractivity contribution in [3.8, 4) is 0 Å². The molecule has 76 valence electrons. The zero-order chi connectivity index (χ0) is 9.80. The average Bonchev–Trinajstić information content (AvgIpc) is 2.30. The van der Waals surface area contributed by atoms with Crippen LogP contribution in [0.3, 0.4) is 0 Å². The van der Waals surface area contributed by atoms with Crippen LogP contribution in [-0.4, -0.2) is 33.4 Å². The van der Waals surface area contributed by atoms with Gasteiger partial charge in [0.05, 0.1) is 13.2 Å². The highest BCUT2D eigenvalue weighted by Gasteiger charge is 2.09. The van der Waals surface area contributed by atoms with E-state index in [1.165, 1.54) is 5.69 Å². The standard InChI is InChI=1S/C11H15N2O/c1-12-10-2-4-11(5-3-10)13-6-8-14-9-7-13/h2-5H,6-9H2,1H3/q-1. The van der Waals surface area contributed by atoms with E-state index in [0.29, 0.717) is 0 Å². The number of hydrogen-bond acceptors (Lipinski definition) is 2. The molecule has 1 aromatic rings. The van der Waals surface area contributed by atoms with Crippen LogP contribution in [0.2, 0.25) is 0 Å². The number of ether oxygens (including phenoxy) is 1. The molecule has 0 aromatic heterocycles. The molecule has 1 aliphatic rings. The molecule has 3 nitrogen and oxygen atoms in total. The van der Waals surface area contributed by atoms with Crippen LogP contribution in [0.25, 0.3) is 5.32 Å². The lowest BCUT2D eigenvalue weighted by Gasteiger charge is -2.29. The van der Waals surface area contributed by atoms with Crippen LogP contribution >= 0.6 is 0 Å². The lowest BCUT2D eigenvalue weighted by atomic mass is 10.2. The fourth-order valence-electron chi connectivity index (χ4n) is 1.63. The number of anilines is 1. The summed E-state index contributed by atoms with van der Waals surface area (Å²) in [7, 11) is 1.81. The van der Waals surface area contributed by atoms with E-state index in [1.807, 2.05) is 19.2 Å². The Kier molecular flexibility index (Phi) is 2.89. The van der Waals surface area contributed by atoms with Gasteiger partial charge in [-0.15, -0.1) is 12.7 Å². The van der Waals surface area contributed by atoms with E-state index in [0.717, 1.165) is 32.0 Å². The van der Waals surface area contributed by atoms with E-state index < -0.39 is 0 Å². The summed E-state index contributed by atoms with van der Waals surface area (Å²) < 4.78 is 5.31. The van der Waals surface area contributed by atoms with E-state index in [9.17, 15) is 0 Å². The predicted octanol–water partition coefficient (Wildman–Crippen LogP) is 2.16. The van der Waals surface area contributed by atoms with Gasteiger partial charge in [-0.3, -0.25) is 0 Å². The van der Waals surface area contributed by atoms with Gasteiger partial charge in [-0.2, -0.15) is 0 Å². The van der Waals surface area contributed by atoms with Gasteiger partial charge in [0.1, 0.15) is 0 Å². The van der Waals surface area contributed by atoms with Gasteiger partial charge < -0.3 is 15.0 Å². The number of hydrogen-bond donors (Lipinski definition) is 0. The van der Waals surface area contributed by atoms with Crippen LogP contribution in [0.1, 0.15) is 0 Å². The summed E-state index contributed by atoms with van der Waals surface area (Å²) in [5.74, 6) is 0. The van der Waals surface area contributed by atoms with Crippen LogP contribution < -0.4 is 4.90 Å². The molecule has 0 saturated carbocycles. The maximum Gasteiger partial charge on any atom is 0.0642 e. The maximum atomic E-state index is 5.31. The molecule has 1 heterocycles. The molecule has 0 spiro atoms. The zero-order valence-corrected chi connectivity index (χ0v) is 8.44. The molecule has 2 rings (SSSR count). The number of benzene rings is 1. The molecule has 1 aliphatic heterocycles. The molecular weight excluding hydrogens is 176 g/mol. The van der Waals surface area contributed by atoms with Crippen molar-refractivity contribution < 1.29 is 4.74 Å². The molecule has 0 atom stereocenters. The first kappa shape index (κ1) is 9.34. The van der Waals surface area contributed by atoms with E-state index >= 15 is 0 Å². The minimum absolute atomic E-state index is 0.833. The molecule has 0 N–H and O–H groups in total. The summed E-state index contributed by atoms with van der Waals surface area (Å²) in [4.78, 5) is 2.34. The Hall–Kier alpha value is -1.22. The highest BCUT2D eigenvalue weighted by molar-refractivity contribution is 5.57. The maximum absolute atomic E-state index is 5.31. The van der Waals surface area contributed by atoms with Gasteiger partial charge in [-0.25, -0.2) is 0 Å². The predicted molar refractivity (Wildman–Crippen MR) is 58.4 cm³/mol. The Balaban J connectivity index is 2.07. The monoisotopic (exact) mass is 191 g/mol. The second-order valence-corrected chi connectivity index (χ2v) is 3.34. The van der Waals surface area contributed by atoms with Gasteiger partial charge in [0, 0.05) is 18.8 Å². The average molecular weight is 191 g/mol. The normalized spacial score (nSPS) is 16.8. The first-order valence-electron chi connectivity index (χ1n) is 4.93. The van der Waals surface area contributed by atoms with Crippen molar-refractivity contribution in [2.45, 2.75) is 0 Å². The molecule has 1 fully saturated rings. The summed E-state index contributed by atoms with van der Waals surface area (Å²) >= 11 is 0. The lowest BCUT2D eigenvalue weighted by molar-refractivity contribution is 0.122. The summed E-state index contributed by atoms with van der Waals surface area (Å²) in [6.07, 6.45) is 0. The molecule has 3 heteroatoms. The van der Waals surface area contributed by atoms with E-state index in [-0.39, 0.29) is 0 Å². The minimum atomic E-state index is 0.833. The molecule has 0 unspecified atom stereocenters. The van der Waals surface area contributed by atoms with Crippen molar-refractivity contribution in [3.05, 3.63) is 29.6 Å². The molecule has 1 saturated heterocycles. The minimum Gasteiger partial charge on any atom is -0.687 e. The van der Waals surface area contributed by atoms with Crippen LogP contribution in [0.15, 0.2) is 24.3 Å². The third-order valence-electron chi connectivity index (χ3n) is 2.48. The van der Waals surface area contributed by atoms with Crippen LogP contribution in [0.5, 0.6) is 0 Å². The van der Waals surface area contributed by atoms with Gasteiger partial charge >= 0.3 is 0 Å². The number of nitrogens with zero attached hydrogens (tertiary/aromatic N) is 2. The van der Waals surface area contributed by atoms with Gasteiger partial charge in [0.2, 0.25) is 0 Å². The molecular formula is C11H15N2O-. The Morgan fingerprint density at radius 2 is 1.79 bits per heavy atom. The summed E-state index contributed by atoms with van der Waals surface area (Å²) in [5, 5.41) is 4.11. The molecule has 14 heavy (non-hydrogen) atoms. The number of morpholine rings is 1. The van der Waals surface area contributed by atoms with Crippen molar-refractivity contribution >= 4 is 11.4 Å². The van der Waals surface area contributed by atoms with Gasteiger partial charge in [0.15, 0.2) is 0 Å². The summed E-state index contributed by atoms with van der Waals surface area (Å²) in [6, 6.07) is 8.33. The largest absolute Gasteiger partial charge is 0.687 e. The molecule has 1 aromatic carbocycles. The Morgan fingerprint density at radius 3 is 2.36 bits per heavy atom. The van der Waals surface area contributed by atoms with Crippen molar-refractivity contribution in [2.75, 3.05) is 38.3 Å². The highest BCUT2D eigenvalue weighted by Crippen LogP contribution is 2.22. The first-order chi connectivity index (χ1) is 6.90. The van der Waals surface area contributed by atoms with Gasteiger partial charge in [-0.1, -0.05) is 12.1 Å². The third-order valence-corrected chi connectivity index (χ3v) is 2.48. The van der Waals surface area contributed by atoms with Gasteiger partial charge in [-0.05, 0) is 12.1 Å². The van der Waals surface area contributed by atoms with Crippen molar-refractivity contribution in [1.29, 1.82) is 0 Å². The Bertz CT molecular complexity index is 278. The van der Waals surface area contributed by atoms with E-state index in [1.54, 1.807) is 0 Å². The topological polar surface area (TPSA) is 26.6 Å². The second-order valence-electron chi connectivity index (χ2n) is 3.34. The van der Waals surface area contributed by atoms with Crippen molar-refractivity contribution in [3.63, 3.8) is 0 Å². The zero-order valence-electron chi connectivity index (χ0n) is 8.44. The fraction of sp³-hybridized carbons (Fsp3) is 0.455.